The summed E-state index contributed by atoms with van der Waals surface area (Å²) in [6.45, 7) is 2.30. The number of hydrogen-bond donors (Lipinski definition) is 1. The number of amides is 1. The monoisotopic (exact) mass is 224 g/mol. The molecule has 1 amide bonds. The number of carbonyl (C=O) groups excluding carboxylic acids is 1. The lowest BCUT2D eigenvalue weighted by molar-refractivity contribution is -0.161. The van der Waals surface area contributed by atoms with E-state index in [9.17, 15) is 18.0 Å². The van der Waals surface area contributed by atoms with E-state index < -0.39 is 30.8 Å². The second-order valence-corrected chi connectivity index (χ2v) is 3.77. The molecule has 0 spiro atoms. The van der Waals surface area contributed by atoms with Crippen molar-refractivity contribution < 1.29 is 18.0 Å². The highest BCUT2D eigenvalue weighted by Gasteiger charge is 2.42. The van der Waals surface area contributed by atoms with E-state index in [-0.39, 0.29) is 0 Å². The van der Waals surface area contributed by atoms with Crippen molar-refractivity contribution in [3.63, 3.8) is 0 Å². The first-order valence-electron chi connectivity index (χ1n) is 4.98. The van der Waals surface area contributed by atoms with Gasteiger partial charge in [0.05, 0.1) is 12.2 Å². The highest BCUT2D eigenvalue weighted by atomic mass is 19.4. The van der Waals surface area contributed by atoms with Gasteiger partial charge in [0.2, 0.25) is 5.91 Å². The molecule has 0 aromatic carbocycles. The van der Waals surface area contributed by atoms with Gasteiger partial charge in [-0.3, -0.25) is 10.1 Å². The summed E-state index contributed by atoms with van der Waals surface area (Å²) in [4.78, 5) is 12.3. The lowest BCUT2D eigenvalue weighted by Crippen LogP contribution is -2.43. The summed E-state index contributed by atoms with van der Waals surface area (Å²) < 4.78 is 36.6. The summed E-state index contributed by atoms with van der Waals surface area (Å²) >= 11 is 0. The highest BCUT2D eigenvalue weighted by Crippen LogP contribution is 2.22. The van der Waals surface area contributed by atoms with Crippen molar-refractivity contribution in [3.8, 4) is 0 Å². The predicted molar refractivity (Wildman–Crippen MR) is 49.1 cm³/mol. The number of alkyl halides is 3. The molecule has 3 nitrogen and oxygen atoms in total. The Morgan fingerprint density at radius 2 is 2.07 bits per heavy atom. The van der Waals surface area contributed by atoms with Crippen LogP contribution in [-0.2, 0) is 4.79 Å². The Morgan fingerprint density at radius 1 is 1.47 bits per heavy atom. The van der Waals surface area contributed by atoms with E-state index in [2.05, 4.69) is 5.32 Å². The maximum absolute atomic E-state index is 12.2. The normalized spacial score (nSPS) is 27.5. The van der Waals surface area contributed by atoms with Crippen molar-refractivity contribution in [1.82, 2.24) is 10.2 Å². The zero-order valence-electron chi connectivity index (χ0n) is 8.77. The van der Waals surface area contributed by atoms with Gasteiger partial charge in [-0.05, 0) is 13.3 Å². The molecule has 1 aliphatic heterocycles. The van der Waals surface area contributed by atoms with Gasteiger partial charge in [-0.25, -0.2) is 0 Å². The Balaban J connectivity index is 2.68. The summed E-state index contributed by atoms with van der Waals surface area (Å²) in [5.41, 5.74) is 0. The van der Waals surface area contributed by atoms with E-state index in [1.165, 1.54) is 0 Å². The van der Waals surface area contributed by atoms with Crippen LogP contribution >= 0.6 is 0 Å². The first kappa shape index (κ1) is 12.3. The van der Waals surface area contributed by atoms with Crippen LogP contribution in [0.4, 0.5) is 13.2 Å². The Kier molecular flexibility index (Phi) is 3.59. The van der Waals surface area contributed by atoms with Crippen molar-refractivity contribution in [2.45, 2.75) is 45.1 Å². The van der Waals surface area contributed by atoms with Crippen LogP contribution in [0.15, 0.2) is 0 Å². The Labute approximate surface area is 86.6 Å². The molecular formula is C9H15F3N2O. The molecule has 0 saturated carbocycles. The van der Waals surface area contributed by atoms with E-state index in [0.29, 0.717) is 6.42 Å². The number of halogens is 3. The number of nitrogens with zero attached hydrogens (tertiary/aromatic N) is 1. The average Bonchev–Trinajstić information content (AvgIpc) is 2.32. The van der Waals surface area contributed by atoms with Gasteiger partial charge in [0, 0.05) is 0 Å². The number of rotatable bonds is 3. The second-order valence-electron chi connectivity index (χ2n) is 3.77. The fourth-order valence-corrected chi connectivity index (χ4v) is 1.75. The molecule has 0 aromatic heterocycles. The smallest absolute Gasteiger partial charge is 0.317 e. The summed E-state index contributed by atoms with van der Waals surface area (Å²) in [7, 11) is 0. The molecule has 2 unspecified atom stereocenters. The van der Waals surface area contributed by atoms with Gasteiger partial charge in [-0.2, -0.15) is 13.2 Å². The summed E-state index contributed by atoms with van der Waals surface area (Å²) in [5, 5.41) is 2.85. The molecule has 0 bridgehead atoms. The Bertz CT molecular complexity index is 242. The Hall–Kier alpha value is -0.780. The van der Waals surface area contributed by atoms with Crippen LogP contribution in [0.1, 0.15) is 26.7 Å². The highest BCUT2D eigenvalue weighted by molar-refractivity contribution is 5.83. The molecule has 1 heterocycles. The molecule has 0 aromatic rings. The van der Waals surface area contributed by atoms with Gasteiger partial charge < -0.3 is 4.90 Å². The molecule has 0 aliphatic carbocycles. The van der Waals surface area contributed by atoms with E-state index in [1.54, 1.807) is 6.92 Å². The zero-order valence-corrected chi connectivity index (χ0v) is 8.77. The maximum atomic E-state index is 12.2. The third-order valence-corrected chi connectivity index (χ3v) is 2.38. The molecule has 1 rings (SSSR count). The molecular weight excluding hydrogens is 209 g/mol. The molecule has 15 heavy (non-hydrogen) atoms. The minimum atomic E-state index is -4.33. The van der Waals surface area contributed by atoms with Crippen LogP contribution in [0.3, 0.4) is 0 Å². The van der Waals surface area contributed by atoms with Crippen molar-refractivity contribution >= 4 is 5.91 Å². The van der Waals surface area contributed by atoms with Crippen LogP contribution in [-0.4, -0.2) is 35.7 Å². The SMILES string of the molecule is CCCC1NC(C)C(=O)N1CC(F)(F)F. The zero-order chi connectivity index (χ0) is 11.6. The molecule has 6 heteroatoms. The molecule has 2 atom stereocenters. The molecule has 1 fully saturated rings. The quantitative estimate of drug-likeness (QED) is 0.787. The lowest BCUT2D eigenvalue weighted by atomic mass is 10.2. The Morgan fingerprint density at radius 3 is 2.53 bits per heavy atom. The molecule has 1 aliphatic rings. The van der Waals surface area contributed by atoms with Gasteiger partial charge in [0.15, 0.2) is 0 Å². The predicted octanol–water partition coefficient (Wildman–Crippen LogP) is 1.50. The fraction of sp³-hybridized carbons (Fsp3) is 0.889. The number of carbonyl (C=O) groups is 1. The van der Waals surface area contributed by atoms with Crippen LogP contribution < -0.4 is 5.32 Å². The van der Waals surface area contributed by atoms with Crippen molar-refractivity contribution in [3.05, 3.63) is 0 Å². The van der Waals surface area contributed by atoms with Gasteiger partial charge in [0.25, 0.3) is 0 Å². The largest absolute Gasteiger partial charge is 0.406 e. The average molecular weight is 224 g/mol. The summed E-state index contributed by atoms with van der Waals surface area (Å²) in [6.07, 6.45) is -3.51. The summed E-state index contributed by atoms with van der Waals surface area (Å²) in [5.74, 6) is -0.467. The summed E-state index contributed by atoms with van der Waals surface area (Å²) in [6, 6.07) is -0.510. The minimum absolute atomic E-state index is 0.467. The number of nitrogens with one attached hydrogen (secondary N) is 1. The molecule has 88 valence electrons. The fourth-order valence-electron chi connectivity index (χ4n) is 1.75. The van der Waals surface area contributed by atoms with Crippen LogP contribution in [0.5, 0.6) is 0 Å². The van der Waals surface area contributed by atoms with Crippen LogP contribution in [0.2, 0.25) is 0 Å². The van der Waals surface area contributed by atoms with E-state index in [0.717, 1.165) is 11.3 Å². The molecule has 0 radical (unpaired) electrons. The van der Waals surface area contributed by atoms with Crippen molar-refractivity contribution in [2.24, 2.45) is 0 Å². The third-order valence-electron chi connectivity index (χ3n) is 2.38. The van der Waals surface area contributed by atoms with Crippen LogP contribution in [0, 0.1) is 0 Å². The maximum Gasteiger partial charge on any atom is 0.406 e. The van der Waals surface area contributed by atoms with Gasteiger partial charge >= 0.3 is 6.18 Å². The first-order valence-corrected chi connectivity index (χ1v) is 4.98. The van der Waals surface area contributed by atoms with Crippen molar-refractivity contribution in [2.75, 3.05) is 6.54 Å². The standard InChI is InChI=1S/C9H15F3N2O/c1-3-4-7-13-6(2)8(15)14(7)5-9(10,11)12/h6-7,13H,3-5H2,1-2H3. The topological polar surface area (TPSA) is 32.3 Å². The third kappa shape index (κ3) is 3.09. The van der Waals surface area contributed by atoms with E-state index in [4.69, 9.17) is 0 Å². The van der Waals surface area contributed by atoms with Crippen molar-refractivity contribution in [1.29, 1.82) is 0 Å². The number of hydrogen-bond acceptors (Lipinski definition) is 2. The first-order chi connectivity index (χ1) is 6.85. The van der Waals surface area contributed by atoms with Gasteiger partial charge in [-0.15, -0.1) is 0 Å². The van der Waals surface area contributed by atoms with E-state index in [1.807, 2.05) is 6.92 Å². The van der Waals surface area contributed by atoms with Crippen LogP contribution in [0.25, 0.3) is 0 Å². The minimum Gasteiger partial charge on any atom is -0.317 e. The molecule has 1 saturated heterocycles. The second kappa shape index (κ2) is 4.38. The lowest BCUT2D eigenvalue weighted by Gasteiger charge is -2.24. The molecule has 1 N–H and O–H groups in total. The van der Waals surface area contributed by atoms with E-state index >= 15 is 0 Å². The van der Waals surface area contributed by atoms with Gasteiger partial charge in [-0.1, -0.05) is 13.3 Å². The van der Waals surface area contributed by atoms with Gasteiger partial charge in [0.1, 0.15) is 6.54 Å².